The fourth-order valence-corrected chi connectivity index (χ4v) is 3.67. The third kappa shape index (κ3) is 4.45. The lowest BCUT2D eigenvalue weighted by Crippen LogP contribution is -2.39. The Balaban J connectivity index is 1.60. The van der Waals surface area contributed by atoms with E-state index in [1.807, 2.05) is 30.0 Å². The van der Waals surface area contributed by atoms with Crippen LogP contribution in [0.1, 0.15) is 37.4 Å². The molecule has 1 aromatic heterocycles. The minimum atomic E-state index is -0.598. The van der Waals surface area contributed by atoms with E-state index in [2.05, 4.69) is 4.98 Å². The second-order valence-corrected chi connectivity index (χ2v) is 7.03. The molecule has 2 heterocycles. The zero-order chi connectivity index (χ0) is 18.5. The molecule has 1 saturated heterocycles. The van der Waals surface area contributed by atoms with Crippen LogP contribution >= 0.6 is 0 Å². The summed E-state index contributed by atoms with van der Waals surface area (Å²) in [5, 5.41) is 0. The molecule has 3 nitrogen and oxygen atoms in total. The number of benzene rings is 1. The molecule has 0 saturated carbocycles. The Morgan fingerprint density at radius 1 is 1.31 bits per heavy atom. The monoisotopic (exact) mass is 358 g/mol. The largest absolute Gasteiger partial charge is 0.339 e. The van der Waals surface area contributed by atoms with E-state index in [0.29, 0.717) is 5.56 Å². The van der Waals surface area contributed by atoms with Crippen molar-refractivity contribution in [1.29, 1.82) is 0 Å². The quantitative estimate of drug-likeness (QED) is 0.777. The Labute approximate surface area is 153 Å². The summed E-state index contributed by atoms with van der Waals surface area (Å²) >= 11 is 0. The van der Waals surface area contributed by atoms with Crippen molar-refractivity contribution in [2.75, 3.05) is 6.54 Å². The number of hydrogen-bond donors (Lipinski definition) is 0. The van der Waals surface area contributed by atoms with E-state index in [4.69, 9.17) is 0 Å². The van der Waals surface area contributed by atoms with E-state index in [1.54, 1.807) is 6.20 Å². The van der Waals surface area contributed by atoms with Crippen LogP contribution in [0.2, 0.25) is 0 Å². The molecule has 1 aromatic carbocycles. The summed E-state index contributed by atoms with van der Waals surface area (Å²) in [4.78, 5) is 19.1. The van der Waals surface area contributed by atoms with Crippen LogP contribution in [0.15, 0.2) is 42.6 Å². The molecule has 5 heteroatoms. The Morgan fingerprint density at radius 3 is 2.88 bits per heavy atom. The topological polar surface area (TPSA) is 33.2 Å². The highest BCUT2D eigenvalue weighted by atomic mass is 19.1. The lowest BCUT2D eigenvalue weighted by Gasteiger charge is -2.27. The van der Waals surface area contributed by atoms with Crippen LogP contribution in [0.25, 0.3) is 0 Å². The maximum absolute atomic E-state index is 13.9. The van der Waals surface area contributed by atoms with Crippen LogP contribution in [0.4, 0.5) is 8.78 Å². The minimum Gasteiger partial charge on any atom is -0.339 e. The number of aromatic nitrogens is 1. The third-order valence-electron chi connectivity index (χ3n) is 5.08. The van der Waals surface area contributed by atoms with Crippen molar-refractivity contribution in [2.45, 2.75) is 45.1 Å². The van der Waals surface area contributed by atoms with Gasteiger partial charge in [0.25, 0.3) is 0 Å². The van der Waals surface area contributed by atoms with Crippen LogP contribution in [-0.4, -0.2) is 28.4 Å². The van der Waals surface area contributed by atoms with Gasteiger partial charge in [-0.3, -0.25) is 9.78 Å². The van der Waals surface area contributed by atoms with Gasteiger partial charge in [-0.05, 0) is 55.9 Å². The Hall–Kier alpha value is -2.30. The molecule has 1 aliphatic heterocycles. The molecule has 0 radical (unpaired) electrons. The number of aryl methyl sites for hydroxylation is 1. The fraction of sp³-hybridized carbons (Fsp3) is 0.429. The highest BCUT2D eigenvalue weighted by molar-refractivity contribution is 5.79. The number of rotatable bonds is 6. The van der Waals surface area contributed by atoms with Crippen LogP contribution < -0.4 is 0 Å². The number of carbonyl (C=O) groups excluding carboxylic acids is 1. The zero-order valence-electron chi connectivity index (χ0n) is 15.0. The van der Waals surface area contributed by atoms with Gasteiger partial charge >= 0.3 is 0 Å². The van der Waals surface area contributed by atoms with Gasteiger partial charge < -0.3 is 4.90 Å². The van der Waals surface area contributed by atoms with Crippen molar-refractivity contribution >= 4 is 5.91 Å². The molecule has 0 bridgehead atoms. The molecular formula is C21H24F2N2O. The molecule has 138 valence electrons. The molecule has 3 rings (SSSR count). The summed E-state index contributed by atoms with van der Waals surface area (Å²) in [7, 11) is 0. The van der Waals surface area contributed by atoms with Crippen molar-refractivity contribution in [3.8, 4) is 0 Å². The number of nitrogens with zero attached hydrogens (tertiary/aromatic N) is 2. The van der Waals surface area contributed by atoms with Crippen molar-refractivity contribution in [1.82, 2.24) is 9.88 Å². The van der Waals surface area contributed by atoms with Gasteiger partial charge in [-0.25, -0.2) is 8.78 Å². The molecule has 26 heavy (non-hydrogen) atoms. The first-order chi connectivity index (χ1) is 12.5. The van der Waals surface area contributed by atoms with Gasteiger partial charge in [0.15, 0.2) is 0 Å². The second kappa shape index (κ2) is 8.39. The molecule has 0 aliphatic carbocycles. The molecule has 1 amide bonds. The lowest BCUT2D eigenvalue weighted by atomic mass is 9.98. The average molecular weight is 358 g/mol. The SMILES string of the molecule is CC(Cc1ccc(F)cc1F)C(=O)N1CCC[C@@H]1CCc1ccccn1. The fourth-order valence-electron chi connectivity index (χ4n) is 3.67. The first-order valence-electron chi connectivity index (χ1n) is 9.19. The Bertz CT molecular complexity index is 751. The molecule has 1 aliphatic rings. The molecule has 0 N–H and O–H groups in total. The van der Waals surface area contributed by atoms with Gasteiger partial charge in [0.1, 0.15) is 11.6 Å². The number of pyridine rings is 1. The molecule has 2 atom stereocenters. The van der Waals surface area contributed by atoms with E-state index < -0.39 is 11.6 Å². The van der Waals surface area contributed by atoms with Gasteiger partial charge in [-0.15, -0.1) is 0 Å². The predicted octanol–water partition coefficient (Wildman–Crippen LogP) is 4.16. The predicted molar refractivity (Wildman–Crippen MR) is 96.5 cm³/mol. The number of carbonyl (C=O) groups is 1. The second-order valence-electron chi connectivity index (χ2n) is 7.03. The van der Waals surface area contributed by atoms with Crippen LogP contribution in [0, 0.1) is 17.6 Å². The van der Waals surface area contributed by atoms with Gasteiger partial charge in [0.05, 0.1) is 0 Å². The number of likely N-dealkylation sites (tertiary alicyclic amines) is 1. The van der Waals surface area contributed by atoms with E-state index in [0.717, 1.165) is 44.0 Å². The summed E-state index contributed by atoms with van der Waals surface area (Å²) in [6, 6.07) is 9.62. The summed E-state index contributed by atoms with van der Waals surface area (Å²) in [6.07, 6.45) is 5.80. The minimum absolute atomic E-state index is 0.0530. The van der Waals surface area contributed by atoms with E-state index >= 15 is 0 Å². The smallest absolute Gasteiger partial charge is 0.225 e. The van der Waals surface area contributed by atoms with Gasteiger partial charge in [-0.1, -0.05) is 19.1 Å². The first kappa shape index (κ1) is 18.5. The summed E-state index contributed by atoms with van der Waals surface area (Å²) in [5.74, 6) is -1.46. The van der Waals surface area contributed by atoms with Crippen molar-refractivity contribution in [2.24, 2.45) is 5.92 Å². The van der Waals surface area contributed by atoms with E-state index in [-0.39, 0.29) is 24.3 Å². The molecule has 0 spiro atoms. The third-order valence-corrected chi connectivity index (χ3v) is 5.08. The number of hydrogen-bond acceptors (Lipinski definition) is 2. The van der Waals surface area contributed by atoms with Gasteiger partial charge in [0.2, 0.25) is 5.91 Å². The Kier molecular flexibility index (Phi) is 5.96. The molecule has 1 fully saturated rings. The van der Waals surface area contributed by atoms with Crippen LogP contribution in [0.3, 0.4) is 0 Å². The normalized spacial score (nSPS) is 18.1. The van der Waals surface area contributed by atoms with Crippen molar-refractivity contribution in [3.05, 3.63) is 65.5 Å². The number of amides is 1. The van der Waals surface area contributed by atoms with Crippen LogP contribution in [-0.2, 0) is 17.6 Å². The molecular weight excluding hydrogens is 334 g/mol. The highest BCUT2D eigenvalue weighted by Gasteiger charge is 2.31. The maximum Gasteiger partial charge on any atom is 0.225 e. The number of halogens is 2. The van der Waals surface area contributed by atoms with Gasteiger partial charge in [0, 0.05) is 36.5 Å². The zero-order valence-corrected chi connectivity index (χ0v) is 15.0. The van der Waals surface area contributed by atoms with Crippen molar-refractivity contribution < 1.29 is 13.6 Å². The summed E-state index contributed by atoms with van der Waals surface area (Å²) in [6.45, 7) is 2.57. The molecule has 2 aromatic rings. The van der Waals surface area contributed by atoms with Gasteiger partial charge in [-0.2, -0.15) is 0 Å². The first-order valence-corrected chi connectivity index (χ1v) is 9.19. The average Bonchev–Trinajstić information content (AvgIpc) is 3.11. The van der Waals surface area contributed by atoms with E-state index in [9.17, 15) is 13.6 Å². The van der Waals surface area contributed by atoms with Crippen LogP contribution in [0.5, 0.6) is 0 Å². The highest BCUT2D eigenvalue weighted by Crippen LogP contribution is 2.25. The summed E-state index contributed by atoms with van der Waals surface area (Å²) in [5.41, 5.74) is 1.42. The lowest BCUT2D eigenvalue weighted by molar-refractivity contribution is -0.135. The summed E-state index contributed by atoms with van der Waals surface area (Å²) < 4.78 is 26.9. The standard InChI is InChI=1S/C21H24F2N2O/c1-15(13-16-7-8-17(22)14-20(16)23)21(26)25-12-4-6-19(25)10-9-18-5-2-3-11-24-18/h2-3,5,7-8,11,14-15,19H,4,6,9-10,12-13H2,1H3/t15?,19-/m1/s1. The Morgan fingerprint density at radius 2 is 2.15 bits per heavy atom. The van der Waals surface area contributed by atoms with E-state index in [1.165, 1.54) is 12.1 Å². The molecule has 1 unspecified atom stereocenters. The maximum atomic E-state index is 13.9. The van der Waals surface area contributed by atoms with Crippen molar-refractivity contribution in [3.63, 3.8) is 0 Å².